The summed E-state index contributed by atoms with van der Waals surface area (Å²) >= 11 is 1.82. The number of unbranched alkanes of at least 4 members (excludes halogenated alkanes) is 2. The van der Waals surface area contributed by atoms with E-state index < -0.39 is 0 Å². The van der Waals surface area contributed by atoms with Crippen molar-refractivity contribution in [3.8, 4) is 11.3 Å². The average molecular weight is 375 g/mol. The molecule has 144 valence electrons. The largest absolute Gasteiger partial charge is 0.378 e. The summed E-state index contributed by atoms with van der Waals surface area (Å²) in [7, 11) is 0. The van der Waals surface area contributed by atoms with Gasteiger partial charge in [-0.25, -0.2) is 4.98 Å². The molecule has 2 heterocycles. The van der Waals surface area contributed by atoms with Crippen molar-refractivity contribution in [3.63, 3.8) is 0 Å². The minimum absolute atomic E-state index is 0.348. The maximum Gasteiger partial charge on any atom is 0.0899 e. The van der Waals surface area contributed by atoms with Crippen molar-refractivity contribution in [1.82, 2.24) is 9.97 Å². The summed E-state index contributed by atoms with van der Waals surface area (Å²) in [4.78, 5) is 11.0. The second-order valence-electron chi connectivity index (χ2n) is 6.91. The number of thiophene rings is 1. The van der Waals surface area contributed by atoms with Gasteiger partial charge in [-0.05, 0) is 51.0 Å². The van der Waals surface area contributed by atoms with Crippen molar-refractivity contribution in [3.05, 3.63) is 33.9 Å². The van der Waals surface area contributed by atoms with E-state index >= 15 is 0 Å². The molecule has 3 nitrogen and oxygen atoms in total. The number of aryl methyl sites for hydroxylation is 3. The molecule has 0 aromatic carbocycles. The molecule has 0 N–H and O–H groups in total. The Hall–Kier alpha value is -1.26. The van der Waals surface area contributed by atoms with Crippen LogP contribution in [0.4, 0.5) is 0 Å². The van der Waals surface area contributed by atoms with Gasteiger partial charge in [0, 0.05) is 17.0 Å². The predicted molar refractivity (Wildman–Crippen MR) is 112 cm³/mol. The van der Waals surface area contributed by atoms with Crippen LogP contribution in [0.5, 0.6) is 0 Å². The Kier molecular flexibility index (Phi) is 9.27. The highest BCUT2D eigenvalue weighted by Crippen LogP contribution is 2.28. The fourth-order valence-electron chi connectivity index (χ4n) is 3.34. The van der Waals surface area contributed by atoms with E-state index in [0.717, 1.165) is 55.8 Å². The van der Waals surface area contributed by atoms with Crippen LogP contribution in [0.25, 0.3) is 11.3 Å². The highest BCUT2D eigenvalue weighted by molar-refractivity contribution is 7.10. The lowest BCUT2D eigenvalue weighted by Crippen LogP contribution is -2.15. The first-order valence-corrected chi connectivity index (χ1v) is 11.1. The number of rotatable bonds is 12. The van der Waals surface area contributed by atoms with Gasteiger partial charge >= 0.3 is 0 Å². The monoisotopic (exact) mass is 374 g/mol. The maximum atomic E-state index is 5.93. The van der Waals surface area contributed by atoms with Crippen LogP contribution in [0.1, 0.15) is 75.6 Å². The van der Waals surface area contributed by atoms with Crippen LogP contribution in [0.15, 0.2) is 17.6 Å². The number of ether oxygens (including phenoxy) is 1. The third-order valence-electron chi connectivity index (χ3n) is 4.78. The lowest BCUT2D eigenvalue weighted by Gasteiger charge is -2.17. The van der Waals surface area contributed by atoms with Gasteiger partial charge in [-0.1, -0.05) is 39.5 Å². The van der Waals surface area contributed by atoms with E-state index in [0.29, 0.717) is 6.10 Å². The fourth-order valence-corrected chi connectivity index (χ4v) is 4.33. The molecule has 2 rings (SSSR count). The molecule has 26 heavy (non-hydrogen) atoms. The quantitative estimate of drug-likeness (QED) is 0.404. The molecule has 0 aliphatic heterocycles. The Morgan fingerprint density at radius 3 is 2.62 bits per heavy atom. The molecule has 0 radical (unpaired) electrons. The lowest BCUT2D eigenvalue weighted by atomic mass is 10.0. The first kappa shape index (κ1) is 21.0. The van der Waals surface area contributed by atoms with Gasteiger partial charge in [-0.15, -0.1) is 11.3 Å². The van der Waals surface area contributed by atoms with Gasteiger partial charge in [0.05, 0.1) is 29.4 Å². The second kappa shape index (κ2) is 11.5. The molecule has 1 unspecified atom stereocenters. The van der Waals surface area contributed by atoms with Gasteiger partial charge in [-0.2, -0.15) is 0 Å². The zero-order valence-corrected chi connectivity index (χ0v) is 17.7. The highest BCUT2D eigenvalue weighted by atomic mass is 32.1. The molecule has 4 heteroatoms. The van der Waals surface area contributed by atoms with E-state index in [1.54, 1.807) is 0 Å². The summed E-state index contributed by atoms with van der Waals surface area (Å²) in [6.45, 7) is 9.43. The van der Waals surface area contributed by atoms with Crippen LogP contribution in [-0.4, -0.2) is 22.7 Å². The van der Waals surface area contributed by atoms with E-state index in [4.69, 9.17) is 14.7 Å². The lowest BCUT2D eigenvalue weighted by molar-refractivity contribution is 0.0490. The first-order valence-electron chi connectivity index (χ1n) is 10.2. The third-order valence-corrected chi connectivity index (χ3v) is 5.76. The summed E-state index contributed by atoms with van der Waals surface area (Å²) < 4.78 is 5.93. The first-order chi connectivity index (χ1) is 12.7. The smallest absolute Gasteiger partial charge is 0.0899 e. The Bertz CT molecular complexity index is 653. The van der Waals surface area contributed by atoms with Crippen molar-refractivity contribution in [1.29, 1.82) is 0 Å². The zero-order valence-electron chi connectivity index (χ0n) is 16.9. The predicted octanol–water partition coefficient (Wildman–Crippen LogP) is 6.38. The van der Waals surface area contributed by atoms with Crippen molar-refractivity contribution in [2.45, 2.75) is 85.2 Å². The third kappa shape index (κ3) is 6.17. The molecule has 0 aliphatic rings. The number of nitrogens with zero attached hydrogens (tertiary/aromatic N) is 2. The summed E-state index contributed by atoms with van der Waals surface area (Å²) in [5.74, 6) is 0. The molecule has 0 bridgehead atoms. The Morgan fingerprint density at radius 2 is 1.92 bits per heavy atom. The van der Waals surface area contributed by atoms with Gasteiger partial charge in [0.25, 0.3) is 0 Å². The van der Waals surface area contributed by atoms with Crippen LogP contribution in [0.3, 0.4) is 0 Å². The molecule has 1 atom stereocenters. The van der Waals surface area contributed by atoms with Crippen LogP contribution in [0, 0.1) is 6.92 Å². The van der Waals surface area contributed by atoms with Crippen molar-refractivity contribution >= 4 is 11.3 Å². The topological polar surface area (TPSA) is 35.0 Å². The average Bonchev–Trinajstić information content (AvgIpc) is 3.09. The van der Waals surface area contributed by atoms with Crippen LogP contribution >= 0.6 is 11.3 Å². The van der Waals surface area contributed by atoms with E-state index in [1.165, 1.54) is 29.7 Å². The maximum absolute atomic E-state index is 5.93. The van der Waals surface area contributed by atoms with E-state index in [2.05, 4.69) is 39.1 Å². The second-order valence-corrected chi connectivity index (χ2v) is 7.91. The molecule has 2 aromatic heterocycles. The fraction of sp³-hybridized carbons (Fsp3) is 0.636. The summed E-state index contributed by atoms with van der Waals surface area (Å²) in [6, 6.07) is 2.18. The summed E-state index contributed by atoms with van der Waals surface area (Å²) in [5.41, 5.74) is 4.44. The summed E-state index contributed by atoms with van der Waals surface area (Å²) in [5, 5.41) is 2.16. The standard InChI is InChI=1S/C22H34N2OS/c1-5-8-9-11-18(25-7-3)12-13-20-17(4)24-21(16-23-20)19-14-15-26-22(19)10-6-2/h14-16,18H,5-13H2,1-4H3. The SMILES string of the molecule is CCCCCC(CCc1ncc(-c2ccsc2CCC)nc1C)OCC. The molecular formula is C22H34N2OS. The Labute approximate surface area is 163 Å². The molecule has 0 saturated carbocycles. The minimum atomic E-state index is 0.348. The normalized spacial score (nSPS) is 12.5. The minimum Gasteiger partial charge on any atom is -0.378 e. The summed E-state index contributed by atoms with van der Waals surface area (Å²) in [6.07, 6.45) is 11.5. The number of hydrogen-bond acceptors (Lipinski definition) is 4. The molecule has 2 aromatic rings. The zero-order chi connectivity index (χ0) is 18.8. The highest BCUT2D eigenvalue weighted by Gasteiger charge is 2.13. The van der Waals surface area contributed by atoms with Crippen LogP contribution < -0.4 is 0 Å². The van der Waals surface area contributed by atoms with Crippen molar-refractivity contribution in [2.75, 3.05) is 6.61 Å². The van der Waals surface area contributed by atoms with Gasteiger partial charge in [0.15, 0.2) is 0 Å². The number of hydrogen-bond donors (Lipinski definition) is 0. The van der Waals surface area contributed by atoms with Gasteiger partial charge in [-0.3, -0.25) is 4.98 Å². The van der Waals surface area contributed by atoms with E-state index in [9.17, 15) is 0 Å². The Morgan fingerprint density at radius 1 is 1.08 bits per heavy atom. The molecule has 0 spiro atoms. The van der Waals surface area contributed by atoms with E-state index in [1.807, 2.05) is 17.5 Å². The number of aromatic nitrogens is 2. The molecule has 0 aliphatic carbocycles. The molecular weight excluding hydrogens is 340 g/mol. The molecule has 0 amide bonds. The van der Waals surface area contributed by atoms with Crippen LogP contribution in [0.2, 0.25) is 0 Å². The van der Waals surface area contributed by atoms with Crippen molar-refractivity contribution < 1.29 is 4.74 Å². The van der Waals surface area contributed by atoms with E-state index in [-0.39, 0.29) is 0 Å². The molecule has 0 fully saturated rings. The van der Waals surface area contributed by atoms with Crippen LogP contribution in [-0.2, 0) is 17.6 Å². The van der Waals surface area contributed by atoms with Gasteiger partial charge < -0.3 is 4.74 Å². The van der Waals surface area contributed by atoms with Gasteiger partial charge in [0.2, 0.25) is 0 Å². The van der Waals surface area contributed by atoms with Crippen molar-refractivity contribution in [2.24, 2.45) is 0 Å². The molecule has 0 saturated heterocycles. The van der Waals surface area contributed by atoms with Gasteiger partial charge in [0.1, 0.15) is 0 Å². The Balaban J connectivity index is 2.01.